The number of methoxy groups -OCH3 is 3. The summed E-state index contributed by atoms with van der Waals surface area (Å²) >= 11 is 0. The number of hydrogen-bond acceptors (Lipinski definition) is 5. The van der Waals surface area contributed by atoms with Gasteiger partial charge in [-0.1, -0.05) is 30.4 Å². The highest BCUT2D eigenvalue weighted by Crippen LogP contribution is 2.33. The molecule has 5 heteroatoms. The number of carbonyl (C=O) groups excluding carboxylic acids is 1. The average molecular weight is 328 g/mol. The van der Waals surface area contributed by atoms with Crippen molar-refractivity contribution in [3.63, 3.8) is 0 Å². The fourth-order valence-corrected chi connectivity index (χ4v) is 2.22. The van der Waals surface area contributed by atoms with Gasteiger partial charge in [0, 0.05) is 12.5 Å². The Bertz CT molecular complexity index is 749. The summed E-state index contributed by atoms with van der Waals surface area (Å²) in [7, 11) is 4.71. The molecular formula is C19H20O5. The Morgan fingerprint density at radius 2 is 1.58 bits per heavy atom. The molecule has 0 N–H and O–H groups in total. The molecule has 0 aliphatic heterocycles. The molecule has 0 unspecified atom stereocenters. The maximum absolute atomic E-state index is 11.3. The second-order valence-corrected chi connectivity index (χ2v) is 4.92. The van der Waals surface area contributed by atoms with Crippen LogP contribution in [0.1, 0.15) is 18.1 Å². The van der Waals surface area contributed by atoms with Gasteiger partial charge >= 0.3 is 5.97 Å². The zero-order valence-corrected chi connectivity index (χ0v) is 14.2. The molecular weight excluding hydrogens is 308 g/mol. The zero-order chi connectivity index (χ0) is 17.5. The summed E-state index contributed by atoms with van der Waals surface area (Å²) in [6.45, 7) is 1.36. The standard InChI is InChI=1S/C19H20O5/c1-13(20)24-19-15(6-5-7-17(19)22-3)10-8-14-9-11-16(21-2)18(12-14)23-4/h5-12H,1-4H3/b10-8-. The van der Waals surface area contributed by atoms with Crippen molar-refractivity contribution >= 4 is 18.1 Å². The van der Waals surface area contributed by atoms with Gasteiger partial charge in [0.2, 0.25) is 0 Å². The molecule has 0 aliphatic rings. The Balaban J connectivity index is 2.36. The van der Waals surface area contributed by atoms with Crippen LogP contribution in [-0.4, -0.2) is 27.3 Å². The Morgan fingerprint density at radius 1 is 0.875 bits per heavy atom. The molecule has 0 aromatic heterocycles. The third-order valence-corrected chi connectivity index (χ3v) is 3.34. The molecule has 5 nitrogen and oxygen atoms in total. The van der Waals surface area contributed by atoms with Crippen molar-refractivity contribution in [1.29, 1.82) is 0 Å². The molecule has 2 aromatic rings. The van der Waals surface area contributed by atoms with Gasteiger partial charge in [0.05, 0.1) is 21.3 Å². The first-order valence-electron chi connectivity index (χ1n) is 7.34. The van der Waals surface area contributed by atoms with Crippen molar-refractivity contribution in [3.8, 4) is 23.0 Å². The van der Waals surface area contributed by atoms with Crippen LogP contribution >= 0.6 is 0 Å². The number of rotatable bonds is 6. The number of benzene rings is 2. The third kappa shape index (κ3) is 4.07. The van der Waals surface area contributed by atoms with Gasteiger partial charge in [-0.25, -0.2) is 0 Å². The lowest BCUT2D eigenvalue weighted by Gasteiger charge is -2.11. The Hall–Kier alpha value is -2.95. The molecule has 0 aliphatic carbocycles. The van der Waals surface area contributed by atoms with Gasteiger partial charge in [-0.3, -0.25) is 4.79 Å². The predicted molar refractivity (Wildman–Crippen MR) is 92.8 cm³/mol. The molecule has 0 fully saturated rings. The normalized spacial score (nSPS) is 10.5. The van der Waals surface area contributed by atoms with Gasteiger partial charge in [0.1, 0.15) is 0 Å². The minimum atomic E-state index is -0.403. The first-order valence-corrected chi connectivity index (χ1v) is 7.34. The summed E-state index contributed by atoms with van der Waals surface area (Å²) in [5.74, 6) is 1.80. The highest BCUT2D eigenvalue weighted by atomic mass is 16.6. The van der Waals surface area contributed by atoms with Gasteiger partial charge in [-0.15, -0.1) is 0 Å². The average Bonchev–Trinajstić information content (AvgIpc) is 2.59. The van der Waals surface area contributed by atoms with Crippen LogP contribution < -0.4 is 18.9 Å². The van der Waals surface area contributed by atoms with E-state index in [1.165, 1.54) is 14.0 Å². The number of carbonyl (C=O) groups is 1. The number of hydrogen-bond donors (Lipinski definition) is 0. The van der Waals surface area contributed by atoms with Crippen LogP contribution in [0.15, 0.2) is 36.4 Å². The van der Waals surface area contributed by atoms with E-state index in [2.05, 4.69) is 0 Å². The predicted octanol–water partition coefficient (Wildman–Crippen LogP) is 3.81. The highest BCUT2D eigenvalue weighted by Gasteiger charge is 2.11. The van der Waals surface area contributed by atoms with Crippen LogP contribution in [0.3, 0.4) is 0 Å². The van der Waals surface area contributed by atoms with Crippen LogP contribution in [0.25, 0.3) is 12.2 Å². The zero-order valence-electron chi connectivity index (χ0n) is 14.2. The van der Waals surface area contributed by atoms with E-state index in [9.17, 15) is 4.79 Å². The van der Waals surface area contributed by atoms with Gasteiger partial charge < -0.3 is 18.9 Å². The van der Waals surface area contributed by atoms with E-state index in [-0.39, 0.29) is 0 Å². The summed E-state index contributed by atoms with van der Waals surface area (Å²) in [5, 5.41) is 0. The fourth-order valence-electron chi connectivity index (χ4n) is 2.22. The summed E-state index contributed by atoms with van der Waals surface area (Å²) < 4.78 is 21.1. The van der Waals surface area contributed by atoms with Crippen molar-refractivity contribution in [2.75, 3.05) is 21.3 Å². The van der Waals surface area contributed by atoms with E-state index in [4.69, 9.17) is 18.9 Å². The van der Waals surface area contributed by atoms with Crippen LogP contribution in [0.4, 0.5) is 0 Å². The Labute approximate surface area is 141 Å². The van der Waals surface area contributed by atoms with E-state index in [0.717, 1.165) is 11.1 Å². The summed E-state index contributed by atoms with van der Waals surface area (Å²) in [5.41, 5.74) is 1.66. The topological polar surface area (TPSA) is 54.0 Å². The van der Waals surface area contributed by atoms with Gasteiger partial charge in [-0.2, -0.15) is 0 Å². The van der Waals surface area contributed by atoms with Crippen molar-refractivity contribution in [3.05, 3.63) is 47.5 Å². The lowest BCUT2D eigenvalue weighted by molar-refractivity contribution is -0.132. The number of para-hydroxylation sites is 1. The Morgan fingerprint density at radius 3 is 2.21 bits per heavy atom. The molecule has 0 saturated heterocycles. The minimum absolute atomic E-state index is 0.393. The van der Waals surface area contributed by atoms with Crippen LogP contribution in [-0.2, 0) is 4.79 Å². The molecule has 2 aromatic carbocycles. The second kappa shape index (κ2) is 8.06. The molecule has 0 atom stereocenters. The highest BCUT2D eigenvalue weighted by molar-refractivity contribution is 5.78. The van der Waals surface area contributed by atoms with Gasteiger partial charge in [-0.05, 0) is 23.8 Å². The molecule has 0 saturated carbocycles. The van der Waals surface area contributed by atoms with E-state index < -0.39 is 5.97 Å². The summed E-state index contributed by atoms with van der Waals surface area (Å²) in [6, 6.07) is 11.0. The minimum Gasteiger partial charge on any atom is -0.493 e. The molecule has 0 bridgehead atoms. The van der Waals surface area contributed by atoms with E-state index in [1.807, 2.05) is 42.5 Å². The number of ether oxygens (including phenoxy) is 4. The van der Waals surface area contributed by atoms with Crippen molar-refractivity contribution in [2.24, 2.45) is 0 Å². The molecule has 0 amide bonds. The van der Waals surface area contributed by atoms with Crippen LogP contribution in [0.2, 0.25) is 0 Å². The van der Waals surface area contributed by atoms with Crippen molar-refractivity contribution in [1.82, 2.24) is 0 Å². The fraction of sp³-hybridized carbons (Fsp3) is 0.211. The maximum Gasteiger partial charge on any atom is 0.308 e. The van der Waals surface area contributed by atoms with Crippen LogP contribution in [0.5, 0.6) is 23.0 Å². The van der Waals surface area contributed by atoms with E-state index >= 15 is 0 Å². The summed E-state index contributed by atoms with van der Waals surface area (Å²) in [4.78, 5) is 11.3. The lowest BCUT2D eigenvalue weighted by Crippen LogP contribution is -2.04. The molecule has 126 valence electrons. The SMILES string of the molecule is COc1ccc(/C=C\c2cccc(OC)c2OC(C)=O)cc1OC. The smallest absolute Gasteiger partial charge is 0.308 e. The van der Waals surface area contributed by atoms with Crippen molar-refractivity contribution < 1.29 is 23.7 Å². The Kier molecular flexibility index (Phi) is 5.84. The first-order chi connectivity index (χ1) is 11.6. The third-order valence-electron chi connectivity index (χ3n) is 3.34. The second-order valence-electron chi connectivity index (χ2n) is 4.92. The summed E-state index contributed by atoms with van der Waals surface area (Å²) in [6.07, 6.45) is 3.74. The monoisotopic (exact) mass is 328 g/mol. The van der Waals surface area contributed by atoms with Gasteiger partial charge in [0.15, 0.2) is 23.0 Å². The maximum atomic E-state index is 11.3. The van der Waals surface area contributed by atoms with E-state index in [0.29, 0.717) is 23.0 Å². The molecule has 2 rings (SSSR count). The largest absolute Gasteiger partial charge is 0.493 e. The molecule has 0 spiro atoms. The quantitative estimate of drug-likeness (QED) is 0.458. The van der Waals surface area contributed by atoms with Crippen LogP contribution in [0, 0.1) is 0 Å². The number of esters is 1. The van der Waals surface area contributed by atoms with Crippen molar-refractivity contribution in [2.45, 2.75) is 6.92 Å². The molecule has 24 heavy (non-hydrogen) atoms. The molecule has 0 heterocycles. The first kappa shape index (κ1) is 17.4. The lowest BCUT2D eigenvalue weighted by atomic mass is 10.1. The van der Waals surface area contributed by atoms with Gasteiger partial charge in [0.25, 0.3) is 0 Å². The van der Waals surface area contributed by atoms with E-state index in [1.54, 1.807) is 20.3 Å². The molecule has 0 radical (unpaired) electrons.